The van der Waals surface area contributed by atoms with Crippen LogP contribution in [0.15, 0.2) is 23.1 Å². The van der Waals surface area contributed by atoms with E-state index in [9.17, 15) is 17.6 Å². The number of benzene rings is 1. The summed E-state index contributed by atoms with van der Waals surface area (Å²) in [7, 11) is -3.74. The van der Waals surface area contributed by atoms with Crippen LogP contribution in [0.1, 0.15) is 46.0 Å². The monoisotopic (exact) mass is 430 g/mol. The normalized spacial score (nSPS) is 19.2. The first-order valence-electron chi connectivity index (χ1n) is 9.96. The Balaban J connectivity index is 1.63. The second-order valence-electron chi connectivity index (χ2n) is 8.20. The fourth-order valence-electron chi connectivity index (χ4n) is 3.62. The van der Waals surface area contributed by atoms with Crippen LogP contribution in [0.2, 0.25) is 5.02 Å². The number of hydrogen-bond acceptors (Lipinski definition) is 3. The minimum absolute atomic E-state index is 0.0137. The molecule has 1 heterocycles. The van der Waals surface area contributed by atoms with Crippen molar-refractivity contribution in [3.8, 4) is 0 Å². The molecule has 3 rings (SSSR count). The Morgan fingerprint density at radius 3 is 2.43 bits per heavy atom. The maximum absolute atomic E-state index is 13.3. The molecule has 1 aliphatic heterocycles. The second-order valence-corrected chi connectivity index (χ2v) is 10.5. The molecule has 2 fully saturated rings. The van der Waals surface area contributed by atoms with Crippen molar-refractivity contribution in [3.05, 3.63) is 29.0 Å². The van der Waals surface area contributed by atoms with Gasteiger partial charge in [0.25, 0.3) is 0 Å². The number of carbonyl (C=O) groups excluding carboxylic acids is 1. The Morgan fingerprint density at radius 2 is 1.89 bits per heavy atom. The molecule has 5 nitrogen and oxygen atoms in total. The number of hydrogen-bond donors (Lipinski definition) is 0. The highest BCUT2D eigenvalue weighted by Gasteiger charge is 2.38. The van der Waals surface area contributed by atoms with Crippen LogP contribution in [0.4, 0.5) is 4.39 Å². The van der Waals surface area contributed by atoms with Gasteiger partial charge in [0.05, 0.1) is 9.92 Å². The minimum Gasteiger partial charge on any atom is -0.339 e. The van der Waals surface area contributed by atoms with Crippen molar-refractivity contribution in [1.29, 1.82) is 0 Å². The Bertz CT molecular complexity index is 819. The smallest absolute Gasteiger partial charge is 0.243 e. The Labute approximate surface area is 171 Å². The molecule has 1 saturated heterocycles. The second kappa shape index (κ2) is 8.67. The highest BCUT2D eigenvalue weighted by atomic mass is 35.5. The van der Waals surface area contributed by atoms with E-state index in [4.69, 9.17) is 11.6 Å². The standard InChI is InChI=1S/C20H28ClFN2O3S/c1-14(2)7-12-24(16-3-4-16)20(25)15-8-10-23(11-9-15)28(26,27)17-5-6-19(22)18(21)13-17/h5-6,13-16H,3-4,7-12H2,1-2H3. The summed E-state index contributed by atoms with van der Waals surface area (Å²) in [6.07, 6.45) is 4.15. The molecule has 1 aromatic rings. The van der Waals surface area contributed by atoms with Crippen LogP contribution in [0, 0.1) is 17.7 Å². The molecule has 1 amide bonds. The van der Waals surface area contributed by atoms with Gasteiger partial charge >= 0.3 is 0 Å². The van der Waals surface area contributed by atoms with Gasteiger partial charge in [-0.1, -0.05) is 25.4 Å². The summed E-state index contributed by atoms with van der Waals surface area (Å²) in [6, 6.07) is 3.81. The van der Waals surface area contributed by atoms with Crippen molar-refractivity contribution >= 4 is 27.5 Å². The average molecular weight is 431 g/mol. The summed E-state index contributed by atoms with van der Waals surface area (Å²) < 4.78 is 40.3. The van der Waals surface area contributed by atoms with Gasteiger partial charge in [-0.25, -0.2) is 12.8 Å². The van der Waals surface area contributed by atoms with Crippen LogP contribution in [-0.2, 0) is 14.8 Å². The molecule has 156 valence electrons. The molecule has 28 heavy (non-hydrogen) atoms. The van der Waals surface area contributed by atoms with Gasteiger partial charge in [-0.05, 0) is 56.2 Å². The van der Waals surface area contributed by atoms with Crippen LogP contribution < -0.4 is 0 Å². The van der Waals surface area contributed by atoms with Crippen molar-refractivity contribution < 1.29 is 17.6 Å². The molecule has 8 heteroatoms. The summed E-state index contributed by atoms with van der Waals surface area (Å²) in [6.45, 7) is 5.67. The predicted molar refractivity (Wildman–Crippen MR) is 107 cm³/mol. The van der Waals surface area contributed by atoms with Crippen LogP contribution >= 0.6 is 11.6 Å². The summed E-state index contributed by atoms with van der Waals surface area (Å²) in [5.74, 6) is -0.0592. The highest BCUT2D eigenvalue weighted by molar-refractivity contribution is 7.89. The largest absolute Gasteiger partial charge is 0.339 e. The molecule has 1 saturated carbocycles. The third-order valence-corrected chi connectivity index (χ3v) is 7.73. The molecular formula is C20H28ClFN2O3S. The van der Waals surface area contributed by atoms with E-state index in [0.29, 0.717) is 24.8 Å². The van der Waals surface area contributed by atoms with E-state index in [0.717, 1.165) is 37.9 Å². The Hall–Kier alpha value is -1.18. The summed E-state index contributed by atoms with van der Waals surface area (Å²) in [5, 5.41) is -0.212. The quantitative estimate of drug-likeness (QED) is 0.658. The number of carbonyl (C=O) groups is 1. The SMILES string of the molecule is CC(C)CCN(C(=O)C1CCN(S(=O)(=O)c2ccc(F)c(Cl)c2)CC1)C1CC1. The van der Waals surface area contributed by atoms with Crippen LogP contribution in [0.25, 0.3) is 0 Å². The fraction of sp³-hybridized carbons (Fsp3) is 0.650. The third kappa shape index (κ3) is 4.86. The van der Waals surface area contributed by atoms with Crippen molar-refractivity contribution in [2.24, 2.45) is 11.8 Å². The third-order valence-electron chi connectivity index (χ3n) is 5.55. The highest BCUT2D eigenvalue weighted by Crippen LogP contribution is 2.32. The van der Waals surface area contributed by atoms with Gasteiger partial charge in [0, 0.05) is 31.6 Å². The van der Waals surface area contributed by atoms with E-state index >= 15 is 0 Å². The first-order valence-corrected chi connectivity index (χ1v) is 11.8. The minimum atomic E-state index is -3.74. The fourth-order valence-corrected chi connectivity index (χ4v) is 5.36. The van der Waals surface area contributed by atoms with Crippen molar-refractivity contribution in [1.82, 2.24) is 9.21 Å². The molecule has 0 bridgehead atoms. The van der Waals surface area contributed by atoms with Crippen LogP contribution in [0.5, 0.6) is 0 Å². The zero-order valence-corrected chi connectivity index (χ0v) is 18.0. The Kier molecular flexibility index (Phi) is 6.67. The molecule has 1 aromatic carbocycles. The number of nitrogens with zero attached hydrogens (tertiary/aromatic N) is 2. The lowest BCUT2D eigenvalue weighted by Crippen LogP contribution is -2.45. The molecule has 0 spiro atoms. The van der Waals surface area contributed by atoms with Gasteiger partial charge in [0.2, 0.25) is 15.9 Å². The number of rotatable bonds is 7. The number of piperidine rings is 1. The molecule has 2 aliphatic rings. The maximum atomic E-state index is 13.3. The van der Waals surface area contributed by atoms with Gasteiger partial charge in [-0.15, -0.1) is 0 Å². The lowest BCUT2D eigenvalue weighted by Gasteiger charge is -2.34. The zero-order chi connectivity index (χ0) is 20.5. The molecule has 0 radical (unpaired) electrons. The van der Waals surface area contributed by atoms with Gasteiger partial charge in [0.1, 0.15) is 5.82 Å². The van der Waals surface area contributed by atoms with Crippen LogP contribution in [0.3, 0.4) is 0 Å². The molecular weight excluding hydrogens is 403 g/mol. The average Bonchev–Trinajstić information content (AvgIpc) is 3.49. The van der Waals surface area contributed by atoms with Crippen molar-refractivity contribution in [2.75, 3.05) is 19.6 Å². The molecule has 0 unspecified atom stereocenters. The number of sulfonamides is 1. The first-order chi connectivity index (χ1) is 13.2. The van der Waals surface area contributed by atoms with E-state index in [1.54, 1.807) is 0 Å². The maximum Gasteiger partial charge on any atom is 0.243 e. The summed E-state index contributed by atoms with van der Waals surface area (Å²) in [5.41, 5.74) is 0. The van der Waals surface area contributed by atoms with E-state index in [-0.39, 0.29) is 34.8 Å². The summed E-state index contributed by atoms with van der Waals surface area (Å²) >= 11 is 5.74. The predicted octanol–water partition coefficient (Wildman–Crippen LogP) is 3.92. The van der Waals surface area contributed by atoms with E-state index in [1.807, 2.05) is 4.90 Å². The molecule has 0 N–H and O–H groups in total. The van der Waals surface area contributed by atoms with Gasteiger partial charge in [-0.3, -0.25) is 4.79 Å². The van der Waals surface area contributed by atoms with Crippen LogP contribution in [-0.4, -0.2) is 49.2 Å². The van der Waals surface area contributed by atoms with Gasteiger partial charge in [-0.2, -0.15) is 4.31 Å². The lowest BCUT2D eigenvalue weighted by molar-refractivity contribution is -0.137. The molecule has 1 aliphatic carbocycles. The zero-order valence-electron chi connectivity index (χ0n) is 16.4. The number of halogens is 2. The van der Waals surface area contributed by atoms with Gasteiger partial charge in [0.15, 0.2) is 0 Å². The van der Waals surface area contributed by atoms with E-state index in [1.165, 1.54) is 10.4 Å². The number of amides is 1. The van der Waals surface area contributed by atoms with Crippen molar-refractivity contribution in [2.45, 2.75) is 56.9 Å². The van der Waals surface area contributed by atoms with E-state index < -0.39 is 15.8 Å². The van der Waals surface area contributed by atoms with E-state index in [2.05, 4.69) is 13.8 Å². The summed E-state index contributed by atoms with van der Waals surface area (Å²) in [4.78, 5) is 15.0. The molecule has 0 atom stereocenters. The molecule has 0 aromatic heterocycles. The van der Waals surface area contributed by atoms with Crippen molar-refractivity contribution in [3.63, 3.8) is 0 Å². The Morgan fingerprint density at radius 1 is 1.25 bits per heavy atom. The lowest BCUT2D eigenvalue weighted by atomic mass is 9.96. The topological polar surface area (TPSA) is 57.7 Å². The first kappa shape index (κ1) is 21.5. The van der Waals surface area contributed by atoms with Gasteiger partial charge < -0.3 is 4.90 Å².